The smallest absolute Gasteiger partial charge is 0.180 e. The number of hydrogen-bond acceptors (Lipinski definition) is 6. The van der Waals surface area contributed by atoms with Crippen molar-refractivity contribution in [1.29, 1.82) is 0 Å². The Labute approximate surface area is 195 Å². The van der Waals surface area contributed by atoms with Crippen LogP contribution < -0.4 is 10.2 Å². The molecule has 7 heteroatoms. The van der Waals surface area contributed by atoms with Crippen LogP contribution in [0.4, 0.5) is 0 Å². The molecule has 6 nitrogen and oxygen atoms in total. The third-order valence-electron chi connectivity index (χ3n) is 6.38. The Hall–Kier alpha value is -2.74. The highest BCUT2D eigenvalue weighted by atomic mass is 32.2. The van der Waals surface area contributed by atoms with Gasteiger partial charge in [-0.2, -0.15) is 0 Å². The summed E-state index contributed by atoms with van der Waals surface area (Å²) in [6.45, 7) is 6.31. The molecule has 33 heavy (non-hydrogen) atoms. The lowest BCUT2D eigenvalue weighted by atomic mass is 9.83. The summed E-state index contributed by atoms with van der Waals surface area (Å²) in [6, 6.07) is 15.9. The molecular formula is C26H30N2O4S. The number of hydroxylamine groups is 1. The molecule has 1 saturated carbocycles. The van der Waals surface area contributed by atoms with E-state index in [0.717, 1.165) is 47.8 Å². The minimum atomic E-state index is -3.56. The highest BCUT2D eigenvalue weighted by molar-refractivity contribution is 7.91. The number of benzene rings is 2. The van der Waals surface area contributed by atoms with Gasteiger partial charge in [0.05, 0.1) is 16.2 Å². The van der Waals surface area contributed by atoms with Gasteiger partial charge < -0.3 is 9.94 Å². The number of rotatable bonds is 8. The zero-order valence-corrected chi connectivity index (χ0v) is 19.6. The fraction of sp³-hybridized carbons (Fsp3) is 0.346. The normalized spacial score (nSPS) is 16.1. The van der Waals surface area contributed by atoms with Crippen LogP contribution in [0.3, 0.4) is 0 Å². The molecule has 0 bridgehead atoms. The van der Waals surface area contributed by atoms with Gasteiger partial charge in [0.2, 0.25) is 0 Å². The van der Waals surface area contributed by atoms with Crippen LogP contribution in [0.1, 0.15) is 36.9 Å². The molecule has 0 spiro atoms. The maximum Gasteiger partial charge on any atom is 0.180 e. The predicted octanol–water partition coefficient (Wildman–Crippen LogP) is 4.99. The van der Waals surface area contributed by atoms with Gasteiger partial charge in [-0.15, -0.1) is 0 Å². The quantitative estimate of drug-likeness (QED) is 0.359. The average Bonchev–Trinajstić information content (AvgIpc) is 2.82. The Morgan fingerprint density at radius 2 is 1.85 bits per heavy atom. The van der Waals surface area contributed by atoms with Crippen molar-refractivity contribution in [3.63, 3.8) is 0 Å². The van der Waals surface area contributed by atoms with Gasteiger partial charge in [0.15, 0.2) is 9.84 Å². The maximum atomic E-state index is 13.0. The van der Waals surface area contributed by atoms with Crippen LogP contribution in [-0.4, -0.2) is 30.4 Å². The highest BCUT2D eigenvalue weighted by Crippen LogP contribution is 2.31. The van der Waals surface area contributed by atoms with E-state index in [1.54, 1.807) is 24.3 Å². The third kappa shape index (κ3) is 5.61. The van der Waals surface area contributed by atoms with Crippen LogP contribution >= 0.6 is 0 Å². The number of sulfone groups is 1. The molecule has 2 N–H and O–H groups in total. The van der Waals surface area contributed by atoms with E-state index >= 15 is 0 Å². The van der Waals surface area contributed by atoms with Gasteiger partial charge in [-0.1, -0.05) is 30.4 Å². The van der Waals surface area contributed by atoms with Crippen LogP contribution in [0.15, 0.2) is 71.6 Å². The molecule has 174 valence electrons. The molecule has 4 rings (SSSR count). The van der Waals surface area contributed by atoms with Gasteiger partial charge in [-0.25, -0.2) is 13.9 Å². The van der Waals surface area contributed by atoms with Crippen LogP contribution in [-0.2, 0) is 16.4 Å². The number of pyridine rings is 1. The number of ether oxygens (including phenoxy) is 1. The average molecular weight is 467 g/mol. The Morgan fingerprint density at radius 3 is 2.55 bits per heavy atom. The number of nitrogens with one attached hydrogen (secondary N) is 1. The number of allylic oxidation sites excluding steroid dienone is 1. The van der Waals surface area contributed by atoms with Crippen LogP contribution in [0.25, 0.3) is 10.9 Å². The van der Waals surface area contributed by atoms with Gasteiger partial charge in [0, 0.05) is 22.7 Å². The molecule has 1 atom stereocenters. The summed E-state index contributed by atoms with van der Waals surface area (Å²) in [5, 5.41) is 10.6. The second kappa shape index (κ2) is 10.0. The lowest BCUT2D eigenvalue weighted by molar-refractivity contribution is 0.0980. The molecule has 1 aliphatic rings. The van der Waals surface area contributed by atoms with Crippen LogP contribution in [0.2, 0.25) is 0 Å². The van der Waals surface area contributed by atoms with E-state index in [0.29, 0.717) is 12.4 Å². The van der Waals surface area contributed by atoms with Gasteiger partial charge in [0.25, 0.3) is 0 Å². The molecule has 1 aliphatic carbocycles. The molecule has 2 aromatic carbocycles. The minimum Gasteiger partial charge on any atom is -0.489 e. The van der Waals surface area contributed by atoms with Crippen molar-refractivity contribution in [1.82, 2.24) is 10.5 Å². The molecule has 1 unspecified atom stereocenters. The van der Waals surface area contributed by atoms with Crippen molar-refractivity contribution in [3.8, 4) is 5.75 Å². The first-order chi connectivity index (χ1) is 15.9. The lowest BCUT2D eigenvalue weighted by Crippen LogP contribution is -2.41. The third-order valence-corrected chi connectivity index (χ3v) is 8.17. The zero-order chi connectivity index (χ0) is 23.4. The number of aromatic nitrogens is 1. The van der Waals surface area contributed by atoms with Crippen molar-refractivity contribution < 1.29 is 18.4 Å². The minimum absolute atomic E-state index is 0.108. The van der Waals surface area contributed by atoms with Gasteiger partial charge >= 0.3 is 0 Å². The topological polar surface area (TPSA) is 88.5 Å². The Morgan fingerprint density at radius 1 is 1.15 bits per heavy atom. The predicted molar refractivity (Wildman–Crippen MR) is 129 cm³/mol. The molecule has 1 heterocycles. The second-order valence-corrected chi connectivity index (χ2v) is 10.8. The largest absolute Gasteiger partial charge is 0.489 e. The highest BCUT2D eigenvalue weighted by Gasteiger charge is 2.29. The number of para-hydroxylation sites is 1. The SMILES string of the molecule is C=C1CCC(C(CS(=O)(=O)c2ccc(OCc3cc(C)nc4ccccc34)cc2)NO)CC1. The summed E-state index contributed by atoms with van der Waals surface area (Å²) in [5.41, 5.74) is 6.31. The molecule has 0 radical (unpaired) electrons. The van der Waals surface area contributed by atoms with Crippen molar-refractivity contribution in [2.24, 2.45) is 5.92 Å². The Kier molecular flexibility index (Phi) is 7.12. The first-order valence-electron chi connectivity index (χ1n) is 11.2. The van der Waals surface area contributed by atoms with Crippen LogP contribution in [0.5, 0.6) is 5.75 Å². The van der Waals surface area contributed by atoms with E-state index in [-0.39, 0.29) is 16.6 Å². The molecule has 1 fully saturated rings. The number of fused-ring (bicyclic) bond motifs is 1. The standard InChI is InChI=1S/C26H30N2O4S/c1-18-7-9-20(10-8-18)26(28-29)17-33(30,31)23-13-11-22(12-14-23)32-16-21-15-19(2)27-25-6-4-3-5-24(21)25/h3-6,11-15,20,26,28-29H,1,7-10,16-17H2,2H3. The second-order valence-electron chi connectivity index (χ2n) is 8.80. The number of aryl methyl sites for hydroxylation is 1. The van der Waals surface area contributed by atoms with Crippen molar-refractivity contribution in [2.45, 2.75) is 50.2 Å². The number of nitrogens with zero attached hydrogens (tertiary/aromatic N) is 1. The summed E-state index contributed by atoms with van der Waals surface area (Å²) < 4.78 is 31.9. The fourth-order valence-corrected chi connectivity index (χ4v) is 6.04. The van der Waals surface area contributed by atoms with Gasteiger partial charge in [-0.3, -0.25) is 4.98 Å². The van der Waals surface area contributed by atoms with Crippen molar-refractivity contribution in [3.05, 3.63) is 78.0 Å². The van der Waals surface area contributed by atoms with Gasteiger partial charge in [-0.05, 0) is 74.9 Å². The summed E-state index contributed by atoms with van der Waals surface area (Å²) >= 11 is 0. The lowest BCUT2D eigenvalue weighted by Gasteiger charge is -2.30. The van der Waals surface area contributed by atoms with E-state index < -0.39 is 15.9 Å². The fourth-order valence-electron chi connectivity index (χ4n) is 4.48. The maximum absolute atomic E-state index is 13.0. The van der Waals surface area contributed by atoms with E-state index in [9.17, 15) is 13.6 Å². The number of hydrogen-bond donors (Lipinski definition) is 2. The molecule has 3 aromatic rings. The van der Waals surface area contributed by atoms with Gasteiger partial charge in [0.1, 0.15) is 12.4 Å². The monoisotopic (exact) mass is 466 g/mol. The zero-order valence-electron chi connectivity index (χ0n) is 18.8. The Balaban J connectivity index is 1.43. The molecule has 0 amide bonds. The molecular weight excluding hydrogens is 436 g/mol. The van der Waals surface area contributed by atoms with Crippen molar-refractivity contribution in [2.75, 3.05) is 5.75 Å². The summed E-state index contributed by atoms with van der Waals surface area (Å²) in [7, 11) is -3.56. The summed E-state index contributed by atoms with van der Waals surface area (Å²) in [4.78, 5) is 4.77. The molecule has 1 aromatic heterocycles. The molecule has 0 aliphatic heterocycles. The van der Waals surface area contributed by atoms with Crippen molar-refractivity contribution >= 4 is 20.7 Å². The summed E-state index contributed by atoms with van der Waals surface area (Å²) in [6.07, 6.45) is 3.42. The van der Waals surface area contributed by atoms with E-state index in [4.69, 9.17) is 4.74 Å². The Bertz CT molecular complexity index is 1230. The van der Waals surface area contributed by atoms with Crippen LogP contribution in [0, 0.1) is 12.8 Å². The van der Waals surface area contributed by atoms with E-state index in [1.807, 2.05) is 37.3 Å². The van der Waals surface area contributed by atoms with E-state index in [1.165, 1.54) is 5.57 Å². The van der Waals surface area contributed by atoms with E-state index in [2.05, 4.69) is 17.0 Å². The first-order valence-corrected chi connectivity index (χ1v) is 12.9. The first kappa shape index (κ1) is 23.4. The molecule has 0 saturated heterocycles. The summed E-state index contributed by atoms with van der Waals surface area (Å²) in [5.74, 6) is 0.551.